The molecule has 1 aromatic heterocycles. The Bertz CT molecular complexity index is 1410. The summed E-state index contributed by atoms with van der Waals surface area (Å²) in [4.78, 5) is 41.3. The molecule has 0 atom stereocenters. The Kier molecular flexibility index (Phi) is 7.73. The van der Waals surface area contributed by atoms with Crippen molar-refractivity contribution in [2.45, 2.75) is 13.8 Å². The molecule has 2 aromatic carbocycles. The smallest absolute Gasteiger partial charge is 0.331 e. The van der Waals surface area contributed by atoms with Crippen LogP contribution in [0.3, 0.4) is 0 Å². The third-order valence-corrected chi connectivity index (χ3v) is 6.34. The van der Waals surface area contributed by atoms with E-state index in [0.717, 1.165) is 27.8 Å². The summed E-state index contributed by atoms with van der Waals surface area (Å²) >= 11 is 0.840. The molecule has 3 aromatic rings. The highest BCUT2D eigenvalue weighted by Gasteiger charge is 2.35. The highest BCUT2D eigenvalue weighted by molar-refractivity contribution is 8.18. The fourth-order valence-corrected chi connectivity index (χ4v) is 4.38. The van der Waals surface area contributed by atoms with Crippen LogP contribution in [-0.4, -0.2) is 46.2 Å². The summed E-state index contributed by atoms with van der Waals surface area (Å²) in [6.45, 7) is 4.19. The van der Waals surface area contributed by atoms with Gasteiger partial charge in [-0.15, -0.1) is 0 Å². The van der Waals surface area contributed by atoms with Crippen molar-refractivity contribution in [3.8, 4) is 23.1 Å². The number of amides is 2. The molecule has 2 amide bonds. The van der Waals surface area contributed by atoms with Crippen molar-refractivity contribution in [3.63, 3.8) is 0 Å². The van der Waals surface area contributed by atoms with Crippen molar-refractivity contribution in [3.05, 3.63) is 86.4 Å². The molecule has 11 heteroatoms. The van der Waals surface area contributed by atoms with Gasteiger partial charge < -0.3 is 14.2 Å². The van der Waals surface area contributed by atoms with Gasteiger partial charge in [-0.3, -0.25) is 24.6 Å². The van der Waals surface area contributed by atoms with Gasteiger partial charge in [0, 0.05) is 12.3 Å². The van der Waals surface area contributed by atoms with Gasteiger partial charge in [-0.2, -0.15) is 0 Å². The molecule has 0 aliphatic carbocycles. The molecule has 1 saturated heterocycles. The Morgan fingerprint density at radius 1 is 1.08 bits per heavy atom. The van der Waals surface area contributed by atoms with Gasteiger partial charge in [-0.1, -0.05) is 18.2 Å². The second-order valence-electron chi connectivity index (χ2n) is 8.05. The number of pyridine rings is 1. The van der Waals surface area contributed by atoms with Gasteiger partial charge in [0.2, 0.25) is 0 Å². The van der Waals surface area contributed by atoms with E-state index in [1.54, 1.807) is 24.3 Å². The highest BCUT2D eigenvalue weighted by atomic mass is 32.2. The summed E-state index contributed by atoms with van der Waals surface area (Å²) in [6.07, 6.45) is 2.96. The van der Waals surface area contributed by atoms with Crippen LogP contribution in [0.5, 0.6) is 23.1 Å². The molecule has 10 nitrogen and oxygen atoms in total. The first-order chi connectivity index (χ1) is 17.8. The number of carbonyl (C=O) groups excluding carboxylic acids is 2. The van der Waals surface area contributed by atoms with Crippen LogP contribution < -0.4 is 14.2 Å². The largest absolute Gasteiger partial charge is 0.493 e. The van der Waals surface area contributed by atoms with Crippen molar-refractivity contribution in [2.75, 3.05) is 20.3 Å². The molecule has 1 aliphatic rings. The van der Waals surface area contributed by atoms with Gasteiger partial charge in [0.1, 0.15) is 12.4 Å². The summed E-state index contributed by atoms with van der Waals surface area (Å²) in [5.74, 6) is 0.603. The van der Waals surface area contributed by atoms with Gasteiger partial charge in [0.05, 0.1) is 23.5 Å². The van der Waals surface area contributed by atoms with Crippen LogP contribution in [-0.2, 0) is 4.79 Å². The maximum atomic E-state index is 12.9. The minimum atomic E-state index is -0.591. The van der Waals surface area contributed by atoms with Crippen molar-refractivity contribution >= 4 is 34.7 Å². The number of nitrogens with zero attached hydrogens (tertiary/aromatic N) is 3. The molecule has 0 bridgehead atoms. The van der Waals surface area contributed by atoms with Crippen molar-refractivity contribution in [1.82, 2.24) is 9.88 Å². The van der Waals surface area contributed by atoms with Crippen molar-refractivity contribution in [2.24, 2.45) is 0 Å². The van der Waals surface area contributed by atoms with E-state index in [4.69, 9.17) is 14.2 Å². The second-order valence-corrected chi connectivity index (χ2v) is 9.04. The van der Waals surface area contributed by atoms with E-state index in [-0.39, 0.29) is 46.4 Å². The molecule has 190 valence electrons. The fraction of sp³-hybridized carbons (Fsp3) is 0.192. The van der Waals surface area contributed by atoms with Gasteiger partial charge >= 0.3 is 5.69 Å². The number of imide groups is 1. The SMILES string of the molecule is COc1cc(/C=C2\SC(=O)N(CCOc3cc(C)ccc3C)C2=O)ccc1Oc1ncccc1[N+](=O)[O-]. The van der Waals surface area contributed by atoms with Gasteiger partial charge in [0.25, 0.3) is 17.0 Å². The highest BCUT2D eigenvalue weighted by Crippen LogP contribution is 2.37. The van der Waals surface area contributed by atoms with Crippen LogP contribution in [0.1, 0.15) is 16.7 Å². The number of methoxy groups -OCH3 is 1. The number of hydrogen-bond donors (Lipinski definition) is 0. The number of hydrogen-bond acceptors (Lipinski definition) is 9. The molecule has 4 rings (SSSR count). The lowest BCUT2D eigenvalue weighted by Gasteiger charge is -2.14. The molecular weight excluding hydrogens is 498 g/mol. The number of carbonyl (C=O) groups is 2. The molecule has 2 heterocycles. The second kappa shape index (κ2) is 11.1. The number of thioether (sulfide) groups is 1. The predicted octanol–water partition coefficient (Wildman–Crippen LogP) is 5.52. The van der Waals surface area contributed by atoms with Crippen LogP contribution in [0.2, 0.25) is 0 Å². The van der Waals surface area contributed by atoms with Crippen LogP contribution in [0, 0.1) is 24.0 Å². The zero-order valence-corrected chi connectivity index (χ0v) is 21.1. The van der Waals surface area contributed by atoms with E-state index >= 15 is 0 Å². The third-order valence-electron chi connectivity index (χ3n) is 5.43. The first-order valence-electron chi connectivity index (χ1n) is 11.2. The first kappa shape index (κ1) is 25.7. The summed E-state index contributed by atoms with van der Waals surface area (Å²) < 4.78 is 16.8. The molecule has 0 saturated carbocycles. The molecule has 0 spiro atoms. The van der Waals surface area contributed by atoms with Gasteiger partial charge in [-0.05, 0) is 72.6 Å². The van der Waals surface area contributed by atoms with Crippen LogP contribution >= 0.6 is 11.8 Å². The molecule has 0 N–H and O–H groups in total. The van der Waals surface area contributed by atoms with E-state index in [0.29, 0.717) is 11.3 Å². The molecule has 37 heavy (non-hydrogen) atoms. The maximum absolute atomic E-state index is 12.9. The van der Waals surface area contributed by atoms with Crippen LogP contribution in [0.15, 0.2) is 59.6 Å². The zero-order chi connectivity index (χ0) is 26.5. The number of nitro groups is 1. The summed E-state index contributed by atoms with van der Waals surface area (Å²) in [5, 5.41) is 10.9. The minimum absolute atomic E-state index is 0.119. The average Bonchev–Trinajstić information content (AvgIpc) is 3.14. The van der Waals surface area contributed by atoms with Crippen LogP contribution in [0.4, 0.5) is 10.5 Å². The predicted molar refractivity (Wildman–Crippen MR) is 138 cm³/mol. The van der Waals surface area contributed by atoms with E-state index < -0.39 is 10.8 Å². The molecular formula is C26H23N3O7S. The number of benzene rings is 2. The van der Waals surface area contributed by atoms with Gasteiger partial charge in [0.15, 0.2) is 11.5 Å². The van der Waals surface area contributed by atoms with E-state index in [9.17, 15) is 19.7 Å². The molecule has 0 unspecified atom stereocenters. The third kappa shape index (κ3) is 5.89. The molecule has 1 aliphatic heterocycles. The number of aryl methyl sites for hydroxylation is 2. The minimum Gasteiger partial charge on any atom is -0.493 e. The quantitative estimate of drug-likeness (QED) is 0.203. The average molecular weight is 522 g/mol. The zero-order valence-electron chi connectivity index (χ0n) is 20.3. The fourth-order valence-electron chi connectivity index (χ4n) is 3.52. The maximum Gasteiger partial charge on any atom is 0.331 e. The van der Waals surface area contributed by atoms with E-state index in [1.807, 2.05) is 32.0 Å². The van der Waals surface area contributed by atoms with E-state index in [2.05, 4.69) is 4.98 Å². The lowest BCUT2D eigenvalue weighted by Crippen LogP contribution is -2.32. The Morgan fingerprint density at radius 2 is 1.89 bits per heavy atom. The topological polar surface area (TPSA) is 121 Å². The van der Waals surface area contributed by atoms with Gasteiger partial charge in [-0.25, -0.2) is 4.98 Å². The summed E-state index contributed by atoms with van der Waals surface area (Å²) in [6, 6.07) is 13.4. The summed E-state index contributed by atoms with van der Waals surface area (Å²) in [7, 11) is 1.42. The first-order valence-corrected chi connectivity index (χ1v) is 12.0. The number of aromatic nitrogens is 1. The number of rotatable bonds is 9. The Labute approximate surface area is 217 Å². The normalized spacial score (nSPS) is 14.2. The Balaban J connectivity index is 1.46. The molecule has 1 fully saturated rings. The van der Waals surface area contributed by atoms with E-state index in [1.165, 1.54) is 25.4 Å². The lowest BCUT2D eigenvalue weighted by atomic mass is 10.1. The Hall–Kier alpha value is -4.38. The Morgan fingerprint density at radius 3 is 2.65 bits per heavy atom. The standard InChI is InChI=1S/C26H23N3O7S/c1-16-6-7-17(2)21(13-16)35-12-11-28-25(30)23(37-26(28)31)15-18-8-9-20(22(14-18)34-3)36-24-19(29(32)33)5-4-10-27-24/h4-10,13-15H,11-12H2,1-3H3/b23-15-. The monoisotopic (exact) mass is 521 g/mol. The van der Waals surface area contributed by atoms with Crippen molar-refractivity contribution < 1.29 is 28.7 Å². The number of ether oxygens (including phenoxy) is 3. The molecule has 0 radical (unpaired) electrons. The van der Waals surface area contributed by atoms with Crippen molar-refractivity contribution in [1.29, 1.82) is 0 Å². The lowest BCUT2D eigenvalue weighted by molar-refractivity contribution is -0.386. The van der Waals surface area contributed by atoms with Crippen LogP contribution in [0.25, 0.3) is 6.08 Å². The summed E-state index contributed by atoms with van der Waals surface area (Å²) in [5.41, 5.74) is 2.32.